The summed E-state index contributed by atoms with van der Waals surface area (Å²) in [6.07, 6.45) is 3.60. The average molecular weight is 509 g/mol. The molecule has 0 N–H and O–H groups in total. The minimum atomic E-state index is -0.644. The lowest BCUT2D eigenvalue weighted by molar-refractivity contribution is -0.143. The first kappa shape index (κ1) is 25.0. The summed E-state index contributed by atoms with van der Waals surface area (Å²) in [7, 11) is 0. The van der Waals surface area contributed by atoms with Gasteiger partial charge < -0.3 is 9.47 Å². The molecule has 0 unspecified atom stereocenters. The second kappa shape index (κ2) is 10.7. The maximum atomic E-state index is 13.7. The zero-order valence-electron chi connectivity index (χ0n) is 20.4. The number of aromatic nitrogens is 1. The number of allylic oxidation sites excluding steroid dienone is 1. The molecule has 0 saturated carbocycles. The minimum absolute atomic E-state index is 0.191. The highest BCUT2D eigenvalue weighted by Gasteiger charge is 2.33. The van der Waals surface area contributed by atoms with Crippen molar-refractivity contribution in [3.05, 3.63) is 90.6 Å². The van der Waals surface area contributed by atoms with E-state index in [4.69, 9.17) is 9.47 Å². The first-order chi connectivity index (χ1) is 16.8. The van der Waals surface area contributed by atoms with Crippen LogP contribution in [0.3, 0.4) is 0 Å². The lowest BCUT2D eigenvalue weighted by Gasteiger charge is -2.25. The molecule has 1 aliphatic heterocycles. The van der Waals surface area contributed by atoms with Crippen molar-refractivity contribution >= 4 is 35.1 Å². The molecular formula is C27H28N2O4S2. The van der Waals surface area contributed by atoms with Crippen LogP contribution in [0.15, 0.2) is 74.5 Å². The summed E-state index contributed by atoms with van der Waals surface area (Å²) < 4.78 is 13.3. The van der Waals surface area contributed by atoms with Gasteiger partial charge in [0.05, 0.1) is 34.6 Å². The zero-order chi connectivity index (χ0) is 25.1. The number of benzene rings is 2. The minimum Gasteiger partial charge on any atom is -0.494 e. The van der Waals surface area contributed by atoms with Gasteiger partial charge in [0.15, 0.2) is 4.80 Å². The van der Waals surface area contributed by atoms with Crippen molar-refractivity contribution in [3.63, 3.8) is 0 Å². The molecule has 6 nitrogen and oxygen atoms in total. The summed E-state index contributed by atoms with van der Waals surface area (Å²) in [5.74, 6) is 0.256. The summed E-state index contributed by atoms with van der Waals surface area (Å²) >= 11 is 2.99. The molecule has 0 radical (unpaired) electrons. The molecule has 0 spiro atoms. The lowest BCUT2D eigenvalue weighted by atomic mass is 9.96. The third-order valence-corrected chi connectivity index (χ3v) is 7.23. The molecule has 2 aromatic carbocycles. The first-order valence-electron chi connectivity index (χ1n) is 11.4. The maximum absolute atomic E-state index is 13.7. The van der Waals surface area contributed by atoms with Crippen molar-refractivity contribution in [1.29, 1.82) is 0 Å². The van der Waals surface area contributed by atoms with Gasteiger partial charge in [0.2, 0.25) is 0 Å². The number of hydrogen-bond donors (Lipinski definition) is 0. The van der Waals surface area contributed by atoms with E-state index in [2.05, 4.69) is 4.99 Å². The largest absolute Gasteiger partial charge is 0.494 e. The SMILES string of the molecule is CCOc1ccc([C@H]2C(C(=O)OC(C)C)=C(C)N=c3s/c(=C/c4ccc(SC)cc4)c(=O)n32)cc1. The van der Waals surface area contributed by atoms with Gasteiger partial charge in [-0.25, -0.2) is 9.79 Å². The Bertz CT molecular complexity index is 1430. The molecule has 1 aliphatic rings. The third-order valence-electron chi connectivity index (χ3n) is 5.50. The highest BCUT2D eigenvalue weighted by Crippen LogP contribution is 2.32. The Morgan fingerprint density at radius 3 is 2.46 bits per heavy atom. The van der Waals surface area contributed by atoms with Crippen LogP contribution in [0.1, 0.15) is 44.9 Å². The number of carbonyl (C=O) groups excluding carboxylic acids is 1. The van der Waals surface area contributed by atoms with Crippen LogP contribution in [0.4, 0.5) is 0 Å². The van der Waals surface area contributed by atoms with Gasteiger partial charge in [0.1, 0.15) is 5.75 Å². The van der Waals surface area contributed by atoms with Crippen LogP contribution < -0.4 is 19.6 Å². The Balaban J connectivity index is 1.88. The predicted molar refractivity (Wildman–Crippen MR) is 141 cm³/mol. The Morgan fingerprint density at radius 2 is 1.86 bits per heavy atom. The summed E-state index contributed by atoms with van der Waals surface area (Å²) in [5, 5.41) is 0. The van der Waals surface area contributed by atoms with E-state index in [1.165, 1.54) is 11.3 Å². The summed E-state index contributed by atoms with van der Waals surface area (Å²) in [6.45, 7) is 7.87. The monoisotopic (exact) mass is 508 g/mol. The van der Waals surface area contributed by atoms with Gasteiger partial charge in [-0.1, -0.05) is 35.6 Å². The van der Waals surface area contributed by atoms with Crippen LogP contribution in [0.2, 0.25) is 0 Å². The van der Waals surface area contributed by atoms with Crippen LogP contribution >= 0.6 is 23.1 Å². The number of thiazole rings is 1. The fraction of sp³-hybridized carbons (Fsp3) is 0.296. The van der Waals surface area contributed by atoms with E-state index < -0.39 is 12.0 Å². The highest BCUT2D eigenvalue weighted by atomic mass is 32.2. The van der Waals surface area contributed by atoms with Crippen molar-refractivity contribution in [3.8, 4) is 5.75 Å². The van der Waals surface area contributed by atoms with E-state index >= 15 is 0 Å². The third kappa shape index (κ3) is 5.28. The van der Waals surface area contributed by atoms with Gasteiger partial charge in [0.25, 0.3) is 5.56 Å². The first-order valence-corrected chi connectivity index (χ1v) is 13.5. The lowest BCUT2D eigenvalue weighted by Crippen LogP contribution is -2.40. The second-order valence-electron chi connectivity index (χ2n) is 8.31. The predicted octanol–water partition coefficient (Wildman–Crippen LogP) is 4.31. The molecular weight excluding hydrogens is 480 g/mol. The van der Waals surface area contributed by atoms with Crippen molar-refractivity contribution in [1.82, 2.24) is 4.57 Å². The van der Waals surface area contributed by atoms with Crippen LogP contribution in [0.5, 0.6) is 5.75 Å². The number of ether oxygens (including phenoxy) is 2. The fourth-order valence-corrected chi connectivity index (χ4v) is 5.40. The summed E-state index contributed by atoms with van der Waals surface area (Å²) in [4.78, 5) is 33.2. The average Bonchev–Trinajstić information content (AvgIpc) is 3.13. The Morgan fingerprint density at radius 1 is 1.17 bits per heavy atom. The Kier molecular flexibility index (Phi) is 7.62. The normalized spacial score (nSPS) is 15.7. The number of rotatable bonds is 7. The maximum Gasteiger partial charge on any atom is 0.338 e. The van der Waals surface area contributed by atoms with E-state index in [9.17, 15) is 9.59 Å². The summed E-state index contributed by atoms with van der Waals surface area (Å²) in [5.41, 5.74) is 2.44. The molecule has 0 saturated heterocycles. The molecule has 35 heavy (non-hydrogen) atoms. The van der Waals surface area contributed by atoms with E-state index in [1.807, 2.05) is 67.8 Å². The molecule has 0 bridgehead atoms. The molecule has 1 aromatic heterocycles. The number of carbonyl (C=O) groups is 1. The van der Waals surface area contributed by atoms with Crippen molar-refractivity contribution in [2.24, 2.45) is 4.99 Å². The number of thioether (sulfide) groups is 1. The topological polar surface area (TPSA) is 69.9 Å². The molecule has 0 amide bonds. The molecule has 0 fully saturated rings. The van der Waals surface area contributed by atoms with Gasteiger partial charge in [-0.3, -0.25) is 9.36 Å². The zero-order valence-corrected chi connectivity index (χ0v) is 22.0. The molecule has 0 aliphatic carbocycles. The number of esters is 1. The molecule has 4 rings (SSSR count). The fourth-order valence-electron chi connectivity index (χ4n) is 3.94. The second-order valence-corrected chi connectivity index (χ2v) is 10.2. The number of fused-ring (bicyclic) bond motifs is 1. The van der Waals surface area contributed by atoms with E-state index in [1.54, 1.807) is 37.1 Å². The number of hydrogen-bond acceptors (Lipinski definition) is 7. The standard InChI is InChI=1S/C27H28N2O4S2/c1-6-32-20-11-9-19(10-12-20)24-23(26(31)33-16(2)3)17(4)28-27-29(24)25(30)22(35-27)15-18-7-13-21(34-5)14-8-18/h7-16,24H,6H2,1-5H3/b22-15+/t24-/m0/s1. The number of nitrogens with zero attached hydrogens (tertiary/aromatic N) is 2. The Labute approximate surface area is 212 Å². The highest BCUT2D eigenvalue weighted by molar-refractivity contribution is 7.98. The molecule has 182 valence electrons. The van der Waals surface area contributed by atoms with Crippen molar-refractivity contribution in [2.45, 2.75) is 44.7 Å². The van der Waals surface area contributed by atoms with E-state index in [0.717, 1.165) is 21.8 Å². The van der Waals surface area contributed by atoms with Crippen LogP contribution in [-0.4, -0.2) is 29.5 Å². The summed E-state index contributed by atoms with van der Waals surface area (Å²) in [6, 6.07) is 14.9. The van der Waals surface area contributed by atoms with E-state index in [-0.39, 0.29) is 11.7 Å². The van der Waals surface area contributed by atoms with Gasteiger partial charge in [-0.05, 0) is 75.4 Å². The Hall–Kier alpha value is -3.10. The van der Waals surface area contributed by atoms with Crippen molar-refractivity contribution < 1.29 is 14.3 Å². The van der Waals surface area contributed by atoms with Gasteiger partial charge >= 0.3 is 5.97 Å². The van der Waals surface area contributed by atoms with E-state index in [0.29, 0.717) is 27.2 Å². The van der Waals surface area contributed by atoms with Gasteiger partial charge in [-0.15, -0.1) is 11.8 Å². The van der Waals surface area contributed by atoms with Gasteiger partial charge in [-0.2, -0.15) is 0 Å². The molecule has 2 heterocycles. The molecule has 8 heteroatoms. The van der Waals surface area contributed by atoms with Crippen molar-refractivity contribution in [2.75, 3.05) is 12.9 Å². The van der Waals surface area contributed by atoms with Gasteiger partial charge in [0, 0.05) is 4.90 Å². The molecule has 1 atom stereocenters. The smallest absolute Gasteiger partial charge is 0.338 e. The quantitative estimate of drug-likeness (QED) is 0.351. The van der Waals surface area contributed by atoms with Crippen LogP contribution in [-0.2, 0) is 9.53 Å². The van der Waals surface area contributed by atoms with Crippen LogP contribution in [0.25, 0.3) is 6.08 Å². The van der Waals surface area contributed by atoms with Crippen LogP contribution in [0, 0.1) is 0 Å². The molecule has 3 aromatic rings.